The van der Waals surface area contributed by atoms with Crippen molar-refractivity contribution in [1.82, 2.24) is 0 Å². The summed E-state index contributed by atoms with van der Waals surface area (Å²) in [4.78, 5) is 30.1. The fourth-order valence-corrected chi connectivity index (χ4v) is 20.1. The van der Waals surface area contributed by atoms with Gasteiger partial charge in [0.15, 0.2) is 43.8 Å². The van der Waals surface area contributed by atoms with E-state index in [-0.39, 0.29) is 30.6 Å². The van der Waals surface area contributed by atoms with Crippen LogP contribution >= 0.6 is 0 Å². The van der Waals surface area contributed by atoms with Gasteiger partial charge in [0.2, 0.25) is 6.29 Å². The fraction of sp³-hybridized carbons (Fsp3) is 0.942. The monoisotopic (exact) mass is 1530 g/mol. The minimum Gasteiger partial charge on any atom is -0.481 e. The molecule has 21 N–H and O–H groups in total. The lowest BCUT2D eigenvalue weighted by Gasteiger charge is -2.71. The molecule has 41 atom stereocenters. The number of rotatable bonds is 19. The molecular formula is C69H110O37. The van der Waals surface area contributed by atoms with E-state index in [2.05, 4.69) is 33.8 Å². The second-order valence-electron chi connectivity index (χ2n) is 33.4. The van der Waals surface area contributed by atoms with Crippen LogP contribution in [0.25, 0.3) is 0 Å². The van der Waals surface area contributed by atoms with Gasteiger partial charge < -0.3 is 174 Å². The number of allylic oxidation sites excluding steroid dienone is 2. The summed E-state index contributed by atoms with van der Waals surface area (Å²) in [6, 6.07) is 0. The van der Waals surface area contributed by atoms with Gasteiger partial charge in [-0.25, -0.2) is 0 Å². The molecule has 12 rings (SSSR count). The van der Waals surface area contributed by atoms with Crippen LogP contribution in [-0.2, 0) is 75.9 Å². The number of hydrogen-bond donors (Lipinski definition) is 21. The van der Waals surface area contributed by atoms with Crippen LogP contribution in [-0.4, -0.2) is 368 Å². The van der Waals surface area contributed by atoms with Gasteiger partial charge in [-0.15, -0.1) is 0 Å². The molecule has 37 nitrogen and oxygen atoms in total. The summed E-state index contributed by atoms with van der Waals surface area (Å²) in [6.45, 7) is 7.91. The maximum absolute atomic E-state index is 15.7. The first kappa shape index (κ1) is 82.8. The molecule has 106 heavy (non-hydrogen) atoms. The molecular weight excluding hydrogens is 1420 g/mol. The SMILES string of the molecule is C[C@@H]1O[C@@H](O[C@H]2[C@H](OC(=O)[C@]34CCC(C)(C)C[C@H]3C3=CC[C@@H]5[C@@]6(C)C[C@H](O)[C@H](O[C@@H]7O[C@H](CO)[C@@H](O)[C@H](O)[C@H]7O[C@@H]7O[C@H](CO)[C@@H](O)[C@H](O)[C@H]7O[C@@H]7O[C@H](CO)[C@@H](O)[C@H](O)[C@H]7O)[C@@](C)(C(=O)O)[C@@H]6CC[C@@]5(C)[C@]3(C)CC4)OC[C@H](O)[C@@H]2O)[C@H](O)[C@H](O[C@@H]2OC[C@](O)(CO)[C@H]2O)[C@H]1O[C@@H]1OC[C@@H](O)[C@H](O)[C@H]1O. The second kappa shape index (κ2) is 30.9. The van der Waals surface area contributed by atoms with Crippen LogP contribution in [0.4, 0.5) is 0 Å². The van der Waals surface area contributed by atoms with Gasteiger partial charge in [0.1, 0.15) is 140 Å². The minimum atomic E-state index is -2.21. The van der Waals surface area contributed by atoms with Crippen molar-refractivity contribution in [2.75, 3.05) is 46.2 Å². The predicted molar refractivity (Wildman–Crippen MR) is 345 cm³/mol. The number of fused-ring (bicyclic) bond motifs is 7. The number of carboxylic acids is 1. The number of hydrogen-bond acceptors (Lipinski definition) is 36. The molecule has 4 saturated carbocycles. The summed E-state index contributed by atoms with van der Waals surface area (Å²) in [5.74, 6) is -3.75. The number of carbonyl (C=O) groups is 2. The first-order chi connectivity index (χ1) is 49.7. The Bertz CT molecular complexity index is 3080. The number of aliphatic carboxylic acids is 1. The van der Waals surface area contributed by atoms with E-state index in [1.165, 1.54) is 13.8 Å². The third-order valence-electron chi connectivity index (χ3n) is 26.8. The van der Waals surface area contributed by atoms with E-state index in [0.29, 0.717) is 38.5 Å². The number of esters is 1. The quantitative estimate of drug-likeness (QED) is 0.0324. The van der Waals surface area contributed by atoms with Crippen LogP contribution in [0.1, 0.15) is 106 Å². The van der Waals surface area contributed by atoms with E-state index in [4.69, 9.17) is 66.3 Å². The van der Waals surface area contributed by atoms with Crippen LogP contribution in [0, 0.1) is 50.2 Å². The van der Waals surface area contributed by atoms with Crippen molar-refractivity contribution in [2.45, 2.75) is 308 Å². The van der Waals surface area contributed by atoms with Crippen LogP contribution < -0.4 is 0 Å². The molecule has 0 amide bonds. The van der Waals surface area contributed by atoms with Crippen molar-refractivity contribution in [1.29, 1.82) is 0 Å². The largest absolute Gasteiger partial charge is 0.481 e. The first-order valence-electron chi connectivity index (χ1n) is 36.7. The zero-order valence-electron chi connectivity index (χ0n) is 60.0. The smallest absolute Gasteiger partial charge is 0.315 e. The van der Waals surface area contributed by atoms with E-state index in [1.54, 1.807) is 0 Å². The highest BCUT2D eigenvalue weighted by Crippen LogP contribution is 2.76. The molecule has 0 bridgehead atoms. The summed E-state index contributed by atoms with van der Waals surface area (Å²) < 4.78 is 84.1. The molecule has 0 aromatic carbocycles. The van der Waals surface area contributed by atoms with Crippen LogP contribution in [0.3, 0.4) is 0 Å². The van der Waals surface area contributed by atoms with Crippen LogP contribution in [0.2, 0.25) is 0 Å². The molecule has 7 aliphatic heterocycles. The van der Waals surface area contributed by atoms with Crippen molar-refractivity contribution < 1.29 is 183 Å². The number of carboxylic acid groups (broad SMARTS) is 1. The number of aliphatic hydroxyl groups excluding tert-OH is 19. The number of ether oxygens (including phenoxy) is 14. The van der Waals surface area contributed by atoms with E-state index >= 15 is 4.79 Å². The van der Waals surface area contributed by atoms with E-state index in [9.17, 15) is 112 Å². The maximum atomic E-state index is 15.7. The molecule has 0 unspecified atom stereocenters. The average molecular weight is 1530 g/mol. The van der Waals surface area contributed by atoms with E-state index in [0.717, 1.165) is 5.57 Å². The molecule has 0 aromatic heterocycles. The Morgan fingerprint density at radius 1 is 0.491 bits per heavy atom. The number of carbonyl (C=O) groups excluding carboxylic acids is 1. The second-order valence-corrected chi connectivity index (χ2v) is 33.4. The molecule has 7 heterocycles. The lowest BCUT2D eigenvalue weighted by atomic mass is 9.33. The molecule has 608 valence electrons. The lowest BCUT2D eigenvalue weighted by molar-refractivity contribution is -0.400. The Morgan fingerprint density at radius 2 is 1.00 bits per heavy atom. The molecule has 0 aromatic rings. The Hall–Kier alpha value is -2.64. The lowest BCUT2D eigenvalue weighted by Crippen LogP contribution is -2.71. The van der Waals surface area contributed by atoms with Gasteiger partial charge in [-0.1, -0.05) is 46.3 Å². The molecule has 37 heteroatoms. The van der Waals surface area contributed by atoms with Gasteiger partial charge in [0, 0.05) is 0 Å². The van der Waals surface area contributed by atoms with Crippen molar-refractivity contribution in [2.24, 2.45) is 50.2 Å². The van der Waals surface area contributed by atoms with E-state index in [1.807, 2.05) is 6.92 Å². The van der Waals surface area contributed by atoms with Crippen molar-refractivity contribution in [3.8, 4) is 0 Å². The Morgan fingerprint density at radius 3 is 1.58 bits per heavy atom. The van der Waals surface area contributed by atoms with Gasteiger partial charge in [0.05, 0.1) is 69.3 Å². The summed E-state index contributed by atoms with van der Waals surface area (Å²) in [6.07, 6.45) is -53.1. The Kier molecular flexibility index (Phi) is 24.2. The molecule has 7 saturated heterocycles. The number of aliphatic hydroxyl groups is 20. The minimum absolute atomic E-state index is 0.0777. The zero-order chi connectivity index (χ0) is 77.4. The highest BCUT2D eigenvalue weighted by molar-refractivity contribution is 5.79. The van der Waals surface area contributed by atoms with Gasteiger partial charge in [-0.3, -0.25) is 9.59 Å². The highest BCUT2D eigenvalue weighted by Gasteiger charge is 2.74. The van der Waals surface area contributed by atoms with Gasteiger partial charge in [0.25, 0.3) is 0 Å². The normalized spacial score (nSPS) is 54.6. The van der Waals surface area contributed by atoms with Crippen molar-refractivity contribution >= 4 is 11.9 Å². The van der Waals surface area contributed by atoms with E-state index < -0.39 is 299 Å². The Labute approximate surface area is 609 Å². The summed E-state index contributed by atoms with van der Waals surface area (Å²) in [7, 11) is 0. The maximum Gasteiger partial charge on any atom is 0.315 e. The van der Waals surface area contributed by atoms with Crippen LogP contribution in [0.15, 0.2) is 11.6 Å². The third kappa shape index (κ3) is 14.0. The fourth-order valence-electron chi connectivity index (χ4n) is 20.1. The first-order valence-corrected chi connectivity index (χ1v) is 36.7. The third-order valence-corrected chi connectivity index (χ3v) is 26.8. The summed E-state index contributed by atoms with van der Waals surface area (Å²) >= 11 is 0. The molecule has 5 aliphatic carbocycles. The van der Waals surface area contributed by atoms with Crippen molar-refractivity contribution in [3.05, 3.63) is 11.6 Å². The average Bonchev–Trinajstić information content (AvgIpc) is 0.782. The van der Waals surface area contributed by atoms with Crippen LogP contribution in [0.5, 0.6) is 0 Å². The van der Waals surface area contributed by atoms with Gasteiger partial charge in [-0.05, 0) is 111 Å². The van der Waals surface area contributed by atoms with Crippen molar-refractivity contribution in [3.63, 3.8) is 0 Å². The Balaban J connectivity index is 0.795. The standard InChI is InChI=1S/C69H110O37/c1-25-47(100-54-44(85)36(77)29(75)21-93-54)48(101-60-52(88)69(92,23-73)24-95-60)46(87)56(96-25)102-49-37(78)30(76)22-94-57(49)106-62(91)68-14-12-63(2,3)16-27(68)26-8-9-34-64(4)17-28(74)53(67(7,61(89)90)35(64)10-11-66(34,6)65(26,5)13-15-68)105-59-51(43(84)40(81)33(20-72)99-59)104-58-50(42(83)39(80)32(19-71)98-58)103-55-45(86)41(82)38(79)31(18-70)97-55/h8,25,27-60,70-88,92H,9-24H2,1-7H3,(H,89,90)/t25-,27-,28-,29+,30-,31+,32+,33+,34+,35+,36-,37-,38+,39+,40+,41-,42-,43-,44+,45+,46+,47-,48-,49+,50+,51+,52-,53-,54-,55-,56-,57-,58-,59-,60-,64+,65+,66+,67-,68-,69+/m0/s1. The topological polar surface area (TPSA) is 588 Å². The van der Waals surface area contributed by atoms with Gasteiger partial charge >= 0.3 is 11.9 Å². The molecule has 0 spiro atoms. The summed E-state index contributed by atoms with van der Waals surface area (Å²) in [5.41, 5.74) is -7.23. The molecule has 11 fully saturated rings. The zero-order valence-corrected chi connectivity index (χ0v) is 60.0. The predicted octanol–water partition coefficient (Wildman–Crippen LogP) is -7.58. The molecule has 0 radical (unpaired) electrons. The highest BCUT2D eigenvalue weighted by atomic mass is 16.8. The summed E-state index contributed by atoms with van der Waals surface area (Å²) in [5, 5.41) is 231. The molecule has 12 aliphatic rings. The van der Waals surface area contributed by atoms with Gasteiger partial charge in [-0.2, -0.15) is 0 Å².